The lowest BCUT2D eigenvalue weighted by Gasteiger charge is -2.21. The summed E-state index contributed by atoms with van der Waals surface area (Å²) in [5.74, 6) is 1.42. The quantitative estimate of drug-likeness (QED) is 0.484. The summed E-state index contributed by atoms with van der Waals surface area (Å²) >= 11 is 0. The Bertz CT molecular complexity index is 1190. The number of aromatic nitrogens is 4. The van der Waals surface area contributed by atoms with Crippen molar-refractivity contribution in [2.45, 2.75) is 25.8 Å². The van der Waals surface area contributed by atoms with Gasteiger partial charge in [0, 0.05) is 56.1 Å². The van der Waals surface area contributed by atoms with Crippen LogP contribution < -0.4 is 10.2 Å². The number of para-hydroxylation sites is 1. The SMILES string of the molecule is Cc1nc(C(Cc2c[nH]c3ccccc23)NC(=O)Cc2cccnc2)cc(N(C)C)n1. The lowest BCUT2D eigenvalue weighted by atomic mass is 10.0. The minimum atomic E-state index is -0.288. The van der Waals surface area contributed by atoms with Crippen LogP contribution in [0.15, 0.2) is 61.1 Å². The number of fused-ring (bicyclic) bond motifs is 1. The van der Waals surface area contributed by atoms with Gasteiger partial charge in [-0.1, -0.05) is 24.3 Å². The minimum Gasteiger partial charge on any atom is -0.363 e. The maximum atomic E-state index is 12.9. The lowest BCUT2D eigenvalue weighted by Crippen LogP contribution is -2.32. The Balaban J connectivity index is 1.65. The van der Waals surface area contributed by atoms with Crippen molar-refractivity contribution in [3.8, 4) is 0 Å². The summed E-state index contributed by atoms with van der Waals surface area (Å²) in [6, 6.07) is 13.6. The molecular weight excluding hydrogens is 388 g/mol. The third-order valence-electron chi connectivity index (χ3n) is 5.18. The molecule has 3 aromatic heterocycles. The van der Waals surface area contributed by atoms with Gasteiger partial charge in [-0.3, -0.25) is 9.78 Å². The highest BCUT2D eigenvalue weighted by Crippen LogP contribution is 2.25. The molecule has 0 saturated carbocycles. The molecule has 0 bridgehead atoms. The van der Waals surface area contributed by atoms with Crippen LogP contribution >= 0.6 is 0 Å². The third-order valence-corrected chi connectivity index (χ3v) is 5.18. The molecule has 1 aromatic carbocycles. The van der Waals surface area contributed by atoms with E-state index >= 15 is 0 Å². The van der Waals surface area contributed by atoms with E-state index in [4.69, 9.17) is 0 Å². The van der Waals surface area contributed by atoms with Gasteiger partial charge in [0.25, 0.3) is 0 Å². The second kappa shape index (κ2) is 8.95. The molecule has 0 saturated heterocycles. The average molecular weight is 415 g/mol. The molecule has 0 aliphatic heterocycles. The first kappa shape index (κ1) is 20.5. The van der Waals surface area contributed by atoms with Crippen molar-refractivity contribution in [2.24, 2.45) is 0 Å². The van der Waals surface area contributed by atoms with E-state index < -0.39 is 0 Å². The minimum absolute atomic E-state index is 0.0690. The molecule has 1 amide bonds. The van der Waals surface area contributed by atoms with Gasteiger partial charge in [0.1, 0.15) is 11.6 Å². The Labute approximate surface area is 181 Å². The average Bonchev–Trinajstić information content (AvgIpc) is 3.16. The van der Waals surface area contributed by atoms with Crippen LogP contribution in [0.5, 0.6) is 0 Å². The van der Waals surface area contributed by atoms with Gasteiger partial charge in [0.05, 0.1) is 18.2 Å². The fourth-order valence-corrected chi connectivity index (χ4v) is 3.67. The molecular formula is C24H26N6O. The zero-order valence-electron chi connectivity index (χ0n) is 18.0. The first-order chi connectivity index (χ1) is 15.0. The number of hydrogen-bond donors (Lipinski definition) is 2. The largest absolute Gasteiger partial charge is 0.363 e. The number of rotatable bonds is 7. The van der Waals surface area contributed by atoms with Gasteiger partial charge in [-0.25, -0.2) is 9.97 Å². The lowest BCUT2D eigenvalue weighted by molar-refractivity contribution is -0.121. The van der Waals surface area contributed by atoms with Gasteiger partial charge in [-0.05, 0) is 30.2 Å². The molecule has 3 heterocycles. The summed E-state index contributed by atoms with van der Waals surface area (Å²) in [5.41, 5.74) is 3.87. The van der Waals surface area contributed by atoms with E-state index in [9.17, 15) is 4.79 Å². The fraction of sp³-hybridized carbons (Fsp3) is 0.250. The molecule has 1 atom stereocenters. The summed E-state index contributed by atoms with van der Waals surface area (Å²) in [7, 11) is 3.89. The molecule has 4 aromatic rings. The van der Waals surface area contributed by atoms with E-state index in [0.29, 0.717) is 12.2 Å². The summed E-state index contributed by atoms with van der Waals surface area (Å²) < 4.78 is 0. The predicted octanol–water partition coefficient (Wildman–Crippen LogP) is 3.37. The van der Waals surface area contributed by atoms with E-state index in [1.165, 1.54) is 0 Å². The summed E-state index contributed by atoms with van der Waals surface area (Å²) in [6.07, 6.45) is 6.31. The number of amides is 1. The van der Waals surface area contributed by atoms with E-state index in [2.05, 4.69) is 31.3 Å². The normalized spacial score (nSPS) is 12.0. The summed E-state index contributed by atoms with van der Waals surface area (Å²) in [5, 5.41) is 4.33. The number of carbonyl (C=O) groups excluding carboxylic acids is 1. The van der Waals surface area contributed by atoms with Crippen LogP contribution in [-0.2, 0) is 17.6 Å². The number of benzene rings is 1. The van der Waals surface area contributed by atoms with Crippen LogP contribution in [0.4, 0.5) is 5.82 Å². The molecule has 31 heavy (non-hydrogen) atoms. The van der Waals surface area contributed by atoms with Crippen molar-refractivity contribution in [1.29, 1.82) is 0 Å². The van der Waals surface area contributed by atoms with Crippen molar-refractivity contribution in [1.82, 2.24) is 25.3 Å². The number of H-pyrrole nitrogens is 1. The molecule has 7 heteroatoms. The monoisotopic (exact) mass is 414 g/mol. The molecule has 7 nitrogen and oxygen atoms in total. The maximum absolute atomic E-state index is 12.9. The number of nitrogens with one attached hydrogen (secondary N) is 2. The fourth-order valence-electron chi connectivity index (χ4n) is 3.67. The second-order valence-electron chi connectivity index (χ2n) is 7.81. The van der Waals surface area contributed by atoms with Crippen LogP contribution in [0.1, 0.15) is 28.7 Å². The number of aryl methyl sites for hydroxylation is 1. The predicted molar refractivity (Wildman–Crippen MR) is 122 cm³/mol. The molecule has 0 fully saturated rings. The standard InChI is InChI=1S/C24H26N6O/c1-16-27-22(13-23(28-16)30(2)3)21(29-24(31)11-17-7-6-10-25-14-17)12-18-15-26-20-9-5-4-8-19(18)20/h4-10,13-15,21,26H,11-12H2,1-3H3,(H,29,31). The van der Waals surface area contributed by atoms with Crippen molar-refractivity contribution in [2.75, 3.05) is 19.0 Å². The van der Waals surface area contributed by atoms with E-state index in [1.54, 1.807) is 12.4 Å². The first-order valence-electron chi connectivity index (χ1n) is 10.3. The van der Waals surface area contributed by atoms with E-state index in [1.807, 2.05) is 68.5 Å². The van der Waals surface area contributed by atoms with Crippen LogP contribution in [0.3, 0.4) is 0 Å². The molecule has 4 rings (SSSR count). The molecule has 0 aliphatic rings. The van der Waals surface area contributed by atoms with Gasteiger partial charge in [-0.15, -0.1) is 0 Å². The van der Waals surface area contributed by atoms with Gasteiger partial charge in [0.2, 0.25) is 5.91 Å². The van der Waals surface area contributed by atoms with Crippen molar-refractivity contribution >= 4 is 22.6 Å². The number of pyridine rings is 1. The highest BCUT2D eigenvalue weighted by atomic mass is 16.1. The maximum Gasteiger partial charge on any atom is 0.225 e. The van der Waals surface area contributed by atoms with Crippen LogP contribution in [0.2, 0.25) is 0 Å². The summed E-state index contributed by atoms with van der Waals surface area (Å²) in [6.45, 7) is 1.87. The molecule has 0 aliphatic carbocycles. The van der Waals surface area contributed by atoms with Crippen molar-refractivity contribution < 1.29 is 4.79 Å². The van der Waals surface area contributed by atoms with Gasteiger partial charge in [0.15, 0.2) is 0 Å². The third kappa shape index (κ3) is 4.88. The first-order valence-corrected chi connectivity index (χ1v) is 10.3. The van der Waals surface area contributed by atoms with Crippen molar-refractivity contribution in [3.63, 3.8) is 0 Å². The number of anilines is 1. The Hall–Kier alpha value is -3.74. The molecule has 1 unspecified atom stereocenters. The Kier molecular flexibility index (Phi) is 5.93. The molecule has 2 N–H and O–H groups in total. The van der Waals surface area contributed by atoms with Crippen LogP contribution in [0, 0.1) is 6.92 Å². The number of nitrogens with zero attached hydrogens (tertiary/aromatic N) is 4. The number of hydrogen-bond acceptors (Lipinski definition) is 5. The second-order valence-corrected chi connectivity index (χ2v) is 7.81. The highest BCUT2D eigenvalue weighted by molar-refractivity contribution is 5.83. The van der Waals surface area contributed by atoms with Crippen LogP contribution in [-0.4, -0.2) is 39.9 Å². The smallest absolute Gasteiger partial charge is 0.225 e. The van der Waals surface area contributed by atoms with E-state index in [-0.39, 0.29) is 18.4 Å². The highest BCUT2D eigenvalue weighted by Gasteiger charge is 2.20. The molecule has 0 spiro atoms. The van der Waals surface area contributed by atoms with Gasteiger partial charge >= 0.3 is 0 Å². The Morgan fingerprint density at radius 1 is 1.16 bits per heavy atom. The summed E-state index contributed by atoms with van der Waals surface area (Å²) in [4.78, 5) is 31.4. The van der Waals surface area contributed by atoms with E-state index in [0.717, 1.165) is 33.5 Å². The van der Waals surface area contributed by atoms with Gasteiger partial charge in [-0.2, -0.15) is 0 Å². The Morgan fingerprint density at radius 2 is 2.00 bits per heavy atom. The van der Waals surface area contributed by atoms with Gasteiger partial charge < -0.3 is 15.2 Å². The topological polar surface area (TPSA) is 86.8 Å². The number of carbonyl (C=O) groups is 1. The Morgan fingerprint density at radius 3 is 2.77 bits per heavy atom. The van der Waals surface area contributed by atoms with Crippen LogP contribution in [0.25, 0.3) is 10.9 Å². The van der Waals surface area contributed by atoms with Crippen molar-refractivity contribution in [3.05, 3.63) is 83.7 Å². The molecule has 0 radical (unpaired) electrons. The molecule has 158 valence electrons. The zero-order chi connectivity index (χ0) is 21.8. The zero-order valence-corrected chi connectivity index (χ0v) is 18.0. The number of aromatic amines is 1.